The molecule has 1 heterocycles. The van der Waals surface area contributed by atoms with Gasteiger partial charge < -0.3 is 4.74 Å². The average Bonchev–Trinajstić information content (AvgIpc) is 2.35. The van der Waals surface area contributed by atoms with Gasteiger partial charge in [0.2, 0.25) is 0 Å². The molecule has 0 saturated heterocycles. The first-order valence-electron chi connectivity index (χ1n) is 2.66. The first-order chi connectivity index (χ1) is 5.22. The highest BCUT2D eigenvalue weighted by atomic mass is 79.9. The molecule has 1 amide bonds. The van der Waals surface area contributed by atoms with Gasteiger partial charge in [-0.15, -0.1) is 0 Å². The number of rotatable bonds is 1. The summed E-state index contributed by atoms with van der Waals surface area (Å²) < 4.78 is 5.61. The third-order valence-corrected chi connectivity index (χ3v) is 2.37. The maximum Gasteiger partial charge on any atom is 0.439 e. The Hall–Kier alpha value is -0.680. The van der Waals surface area contributed by atoms with Crippen LogP contribution in [0.3, 0.4) is 0 Å². The average molecular weight is 234 g/mol. The molecule has 0 fully saturated rings. The highest BCUT2D eigenvalue weighted by Gasteiger charge is 2.02. The fraction of sp³-hybridized carbons (Fsp3) is 0. The van der Waals surface area contributed by atoms with E-state index >= 15 is 0 Å². The summed E-state index contributed by atoms with van der Waals surface area (Å²) in [6.07, 6.45) is -0.681. The lowest BCUT2D eigenvalue weighted by atomic mass is 10.7. The predicted molar refractivity (Wildman–Crippen MR) is 47.6 cm³/mol. The van der Waals surface area contributed by atoms with E-state index in [1.807, 2.05) is 0 Å². The van der Waals surface area contributed by atoms with Crippen molar-refractivity contribution in [2.45, 2.75) is 0 Å². The molecule has 1 aromatic rings. The van der Waals surface area contributed by atoms with E-state index in [0.29, 0.717) is 5.06 Å². The van der Waals surface area contributed by atoms with E-state index in [0.717, 1.165) is 3.79 Å². The Morgan fingerprint density at radius 3 is 2.91 bits per heavy atom. The van der Waals surface area contributed by atoms with Gasteiger partial charge >= 0.3 is 6.09 Å². The van der Waals surface area contributed by atoms with Gasteiger partial charge in [-0.2, -0.15) is 4.99 Å². The van der Waals surface area contributed by atoms with Crippen molar-refractivity contribution in [3.05, 3.63) is 15.9 Å². The van der Waals surface area contributed by atoms with E-state index in [9.17, 15) is 4.79 Å². The van der Waals surface area contributed by atoms with Crippen LogP contribution >= 0.6 is 27.3 Å². The Morgan fingerprint density at radius 2 is 2.45 bits per heavy atom. The van der Waals surface area contributed by atoms with Gasteiger partial charge in [-0.1, -0.05) is 11.3 Å². The molecule has 0 spiro atoms. The van der Waals surface area contributed by atoms with E-state index in [1.165, 1.54) is 11.3 Å². The number of hydrogen-bond donors (Lipinski definition) is 0. The smallest absolute Gasteiger partial charge is 0.398 e. The first kappa shape index (κ1) is 8.42. The van der Waals surface area contributed by atoms with Crippen molar-refractivity contribution in [2.75, 3.05) is 0 Å². The number of carbonyl (C=O) groups excluding carboxylic acids is 1. The van der Waals surface area contributed by atoms with Crippen molar-refractivity contribution in [2.24, 2.45) is 4.99 Å². The van der Waals surface area contributed by atoms with Gasteiger partial charge in [-0.3, -0.25) is 0 Å². The van der Waals surface area contributed by atoms with Gasteiger partial charge in [-0.05, 0) is 34.8 Å². The lowest BCUT2D eigenvalue weighted by Crippen LogP contribution is -1.98. The summed E-state index contributed by atoms with van der Waals surface area (Å²) in [5.74, 6) is 0. The van der Waals surface area contributed by atoms with Crippen molar-refractivity contribution in [3.8, 4) is 5.06 Å². The summed E-state index contributed by atoms with van der Waals surface area (Å²) in [6.45, 7) is 3.03. The number of amides is 1. The number of thiophene rings is 1. The molecule has 0 unspecified atom stereocenters. The Bertz CT molecular complexity index is 284. The van der Waals surface area contributed by atoms with Crippen LogP contribution in [0.4, 0.5) is 4.79 Å². The molecule has 3 nitrogen and oxygen atoms in total. The molecule has 11 heavy (non-hydrogen) atoms. The molecule has 58 valence electrons. The van der Waals surface area contributed by atoms with Gasteiger partial charge in [0.25, 0.3) is 0 Å². The maximum atomic E-state index is 10.5. The van der Waals surface area contributed by atoms with Gasteiger partial charge in [0, 0.05) is 0 Å². The van der Waals surface area contributed by atoms with Crippen molar-refractivity contribution >= 4 is 40.1 Å². The molecule has 0 aliphatic carbocycles. The standard InChI is InChI=1S/C6H4BrNO2S/c1-8-6(9)10-5-3-2-4(7)11-5/h2-3H,1H2. The SMILES string of the molecule is C=NC(=O)Oc1ccc(Br)s1. The minimum Gasteiger partial charge on any atom is -0.398 e. The van der Waals surface area contributed by atoms with Gasteiger partial charge in [-0.25, -0.2) is 4.79 Å². The van der Waals surface area contributed by atoms with Gasteiger partial charge in [0.15, 0.2) is 5.06 Å². The molecule has 0 aromatic carbocycles. The van der Waals surface area contributed by atoms with E-state index in [-0.39, 0.29) is 0 Å². The van der Waals surface area contributed by atoms with E-state index in [1.54, 1.807) is 12.1 Å². The summed E-state index contributed by atoms with van der Waals surface area (Å²) in [4.78, 5) is 13.6. The van der Waals surface area contributed by atoms with Crippen LogP contribution in [0.5, 0.6) is 5.06 Å². The molecule has 1 aromatic heterocycles. The van der Waals surface area contributed by atoms with E-state index < -0.39 is 6.09 Å². The molecule has 0 N–H and O–H groups in total. The van der Waals surface area contributed by atoms with Crippen LogP contribution in [0.25, 0.3) is 0 Å². The first-order valence-corrected chi connectivity index (χ1v) is 4.27. The highest BCUT2D eigenvalue weighted by Crippen LogP contribution is 2.28. The van der Waals surface area contributed by atoms with Crippen LogP contribution in [0.15, 0.2) is 20.9 Å². The zero-order chi connectivity index (χ0) is 8.27. The number of carbonyl (C=O) groups is 1. The molecule has 1 rings (SSSR count). The summed E-state index contributed by atoms with van der Waals surface area (Å²) in [5.41, 5.74) is 0. The second-order valence-electron chi connectivity index (χ2n) is 1.58. The zero-order valence-electron chi connectivity index (χ0n) is 5.41. The van der Waals surface area contributed by atoms with Crippen LogP contribution in [0.1, 0.15) is 0 Å². The van der Waals surface area contributed by atoms with E-state index in [4.69, 9.17) is 4.74 Å². The number of halogens is 1. The minimum absolute atomic E-state index is 0.509. The third-order valence-electron chi connectivity index (χ3n) is 0.866. The van der Waals surface area contributed by atoms with Crippen LogP contribution in [0, 0.1) is 0 Å². The van der Waals surface area contributed by atoms with Crippen molar-refractivity contribution in [1.82, 2.24) is 0 Å². The van der Waals surface area contributed by atoms with Crippen LogP contribution in [-0.4, -0.2) is 12.8 Å². The fourth-order valence-corrected chi connectivity index (χ4v) is 1.66. The third kappa shape index (κ3) is 2.44. The summed E-state index contributed by atoms with van der Waals surface area (Å²) in [5, 5.41) is 0.509. The predicted octanol–water partition coefficient (Wildman–Crippen LogP) is 2.71. The number of aliphatic imine (C=N–C) groups is 1. The van der Waals surface area contributed by atoms with Gasteiger partial charge in [0.1, 0.15) is 0 Å². The normalized spacial score (nSPS) is 9.18. The summed E-state index contributed by atoms with van der Waals surface area (Å²) in [6, 6.07) is 3.47. The van der Waals surface area contributed by atoms with Crippen LogP contribution in [-0.2, 0) is 0 Å². The Labute approximate surface area is 75.8 Å². The largest absolute Gasteiger partial charge is 0.439 e. The van der Waals surface area contributed by atoms with Crippen molar-refractivity contribution in [3.63, 3.8) is 0 Å². The molecule has 0 atom stereocenters. The summed E-state index contributed by atoms with van der Waals surface area (Å²) >= 11 is 4.54. The molecule has 0 saturated carbocycles. The van der Waals surface area contributed by atoms with Crippen molar-refractivity contribution < 1.29 is 9.53 Å². The lowest BCUT2D eigenvalue weighted by Gasteiger charge is -1.92. The Kier molecular flexibility index (Phi) is 2.78. The molecule has 0 radical (unpaired) electrons. The molecule has 0 bridgehead atoms. The molecule has 0 aliphatic rings. The second-order valence-corrected chi connectivity index (χ2v) is 4.01. The highest BCUT2D eigenvalue weighted by molar-refractivity contribution is 9.11. The zero-order valence-corrected chi connectivity index (χ0v) is 7.81. The Morgan fingerprint density at radius 1 is 1.73 bits per heavy atom. The summed E-state index contributed by atoms with van der Waals surface area (Å²) in [7, 11) is 0. The van der Waals surface area contributed by atoms with Crippen LogP contribution < -0.4 is 4.74 Å². The van der Waals surface area contributed by atoms with E-state index in [2.05, 4.69) is 27.6 Å². The quantitative estimate of drug-likeness (QED) is 0.700. The second kappa shape index (κ2) is 3.64. The molecular weight excluding hydrogens is 230 g/mol. The topological polar surface area (TPSA) is 38.7 Å². The Balaban J connectivity index is 2.64. The minimum atomic E-state index is -0.681. The number of hydrogen-bond acceptors (Lipinski definition) is 3. The monoisotopic (exact) mass is 233 g/mol. The van der Waals surface area contributed by atoms with Gasteiger partial charge in [0.05, 0.1) is 3.79 Å². The fourth-order valence-electron chi connectivity index (χ4n) is 0.471. The lowest BCUT2D eigenvalue weighted by molar-refractivity contribution is 0.213. The maximum absolute atomic E-state index is 10.5. The van der Waals surface area contributed by atoms with Crippen LogP contribution in [0.2, 0.25) is 0 Å². The molecule has 5 heteroatoms. The number of nitrogens with zero attached hydrogens (tertiary/aromatic N) is 1. The molecule has 0 aliphatic heterocycles. The number of ether oxygens (including phenoxy) is 1. The van der Waals surface area contributed by atoms with Crippen molar-refractivity contribution in [1.29, 1.82) is 0 Å². The molecular formula is C6H4BrNO2S.